The number of amides is 1. The summed E-state index contributed by atoms with van der Waals surface area (Å²) in [6.07, 6.45) is 0. The van der Waals surface area contributed by atoms with Gasteiger partial charge in [0.1, 0.15) is 6.61 Å². The van der Waals surface area contributed by atoms with Gasteiger partial charge in [-0.05, 0) is 32.6 Å². The lowest BCUT2D eigenvalue weighted by Gasteiger charge is -2.22. The molecule has 4 heteroatoms. The number of nitrogens with zero attached hydrogens (tertiary/aromatic N) is 1. The lowest BCUT2D eigenvalue weighted by Crippen LogP contribution is -2.36. The SMILES string of the molecule is CC(C)(C)OCC(=O)N1CC2CNCC2C1. The minimum absolute atomic E-state index is 0.143. The Bertz CT molecular complexity index is 261. The van der Waals surface area contributed by atoms with Crippen molar-refractivity contribution in [1.82, 2.24) is 10.2 Å². The molecule has 2 saturated heterocycles. The van der Waals surface area contributed by atoms with Crippen molar-refractivity contribution in [2.45, 2.75) is 26.4 Å². The Morgan fingerprint density at radius 3 is 2.38 bits per heavy atom. The minimum atomic E-state index is -0.229. The van der Waals surface area contributed by atoms with Crippen molar-refractivity contribution in [1.29, 1.82) is 0 Å². The van der Waals surface area contributed by atoms with E-state index >= 15 is 0 Å². The van der Waals surface area contributed by atoms with Crippen molar-refractivity contribution in [3.63, 3.8) is 0 Å². The first kappa shape index (κ1) is 11.9. The maximum Gasteiger partial charge on any atom is 0.248 e. The van der Waals surface area contributed by atoms with Crippen molar-refractivity contribution in [3.8, 4) is 0 Å². The van der Waals surface area contributed by atoms with E-state index in [0.29, 0.717) is 11.8 Å². The quantitative estimate of drug-likeness (QED) is 0.744. The predicted molar refractivity (Wildman–Crippen MR) is 62.1 cm³/mol. The van der Waals surface area contributed by atoms with Crippen molar-refractivity contribution >= 4 is 5.91 Å². The van der Waals surface area contributed by atoms with Gasteiger partial charge in [-0.25, -0.2) is 0 Å². The first-order valence-electron chi connectivity index (χ1n) is 6.08. The molecule has 0 saturated carbocycles. The van der Waals surface area contributed by atoms with E-state index in [9.17, 15) is 4.79 Å². The summed E-state index contributed by atoms with van der Waals surface area (Å²) in [4.78, 5) is 13.9. The predicted octanol–water partition coefficient (Wildman–Crippen LogP) is 0.479. The molecule has 0 radical (unpaired) electrons. The number of rotatable bonds is 2. The van der Waals surface area contributed by atoms with Gasteiger partial charge in [-0.15, -0.1) is 0 Å². The lowest BCUT2D eigenvalue weighted by molar-refractivity contribution is -0.140. The van der Waals surface area contributed by atoms with Crippen LogP contribution in [-0.4, -0.2) is 49.2 Å². The molecule has 0 aromatic rings. The van der Waals surface area contributed by atoms with E-state index < -0.39 is 0 Å². The molecule has 2 unspecified atom stereocenters. The number of hydrogen-bond donors (Lipinski definition) is 1. The molecular weight excluding hydrogens is 204 g/mol. The van der Waals surface area contributed by atoms with Crippen molar-refractivity contribution in [2.75, 3.05) is 32.8 Å². The third-order valence-electron chi connectivity index (χ3n) is 3.37. The van der Waals surface area contributed by atoms with Crippen LogP contribution in [0.15, 0.2) is 0 Å². The third kappa shape index (κ3) is 2.74. The van der Waals surface area contributed by atoms with Crippen LogP contribution in [0.25, 0.3) is 0 Å². The molecule has 0 bridgehead atoms. The van der Waals surface area contributed by atoms with Crippen LogP contribution in [0, 0.1) is 11.8 Å². The van der Waals surface area contributed by atoms with Gasteiger partial charge in [0.2, 0.25) is 5.91 Å². The zero-order valence-corrected chi connectivity index (χ0v) is 10.5. The van der Waals surface area contributed by atoms with Gasteiger partial charge in [0, 0.05) is 26.2 Å². The number of ether oxygens (including phenoxy) is 1. The molecule has 1 amide bonds. The van der Waals surface area contributed by atoms with Gasteiger partial charge in [-0.2, -0.15) is 0 Å². The molecule has 0 spiro atoms. The van der Waals surface area contributed by atoms with Gasteiger partial charge < -0.3 is 15.0 Å². The standard InChI is InChI=1S/C12H22N2O2/c1-12(2,3)16-8-11(15)14-6-9-4-13-5-10(9)7-14/h9-10,13H,4-8H2,1-3H3. The molecule has 0 aliphatic carbocycles. The van der Waals surface area contributed by atoms with Gasteiger partial charge in [0.25, 0.3) is 0 Å². The van der Waals surface area contributed by atoms with Crippen LogP contribution in [0.3, 0.4) is 0 Å². The Balaban J connectivity index is 1.79. The molecule has 2 aliphatic rings. The zero-order chi connectivity index (χ0) is 11.8. The normalized spacial score (nSPS) is 29.6. The molecule has 0 aromatic carbocycles. The smallest absolute Gasteiger partial charge is 0.248 e. The number of likely N-dealkylation sites (tertiary alicyclic amines) is 1. The zero-order valence-electron chi connectivity index (χ0n) is 10.5. The van der Waals surface area contributed by atoms with E-state index in [1.807, 2.05) is 25.7 Å². The monoisotopic (exact) mass is 226 g/mol. The van der Waals surface area contributed by atoms with Gasteiger partial charge in [0.05, 0.1) is 5.60 Å². The summed E-state index contributed by atoms with van der Waals surface area (Å²) < 4.78 is 5.52. The summed E-state index contributed by atoms with van der Waals surface area (Å²) in [5, 5.41) is 3.37. The molecular formula is C12H22N2O2. The van der Waals surface area contributed by atoms with Gasteiger partial charge in [0.15, 0.2) is 0 Å². The van der Waals surface area contributed by atoms with Crippen LogP contribution in [0.2, 0.25) is 0 Å². The van der Waals surface area contributed by atoms with E-state index in [2.05, 4.69) is 5.32 Å². The molecule has 92 valence electrons. The Hall–Kier alpha value is -0.610. The highest BCUT2D eigenvalue weighted by Gasteiger charge is 2.38. The fraction of sp³-hybridized carbons (Fsp3) is 0.917. The van der Waals surface area contributed by atoms with Gasteiger partial charge in [-0.1, -0.05) is 0 Å². The van der Waals surface area contributed by atoms with Crippen molar-refractivity contribution in [2.24, 2.45) is 11.8 Å². The molecule has 2 atom stereocenters. The molecule has 2 rings (SSSR count). The first-order chi connectivity index (χ1) is 7.46. The molecule has 2 aliphatic heterocycles. The van der Waals surface area contributed by atoms with Crippen LogP contribution >= 0.6 is 0 Å². The second-order valence-corrected chi connectivity index (χ2v) is 5.88. The van der Waals surface area contributed by atoms with Gasteiger partial charge >= 0.3 is 0 Å². The lowest BCUT2D eigenvalue weighted by atomic mass is 10.0. The summed E-state index contributed by atoms with van der Waals surface area (Å²) in [5.74, 6) is 1.47. The molecule has 1 N–H and O–H groups in total. The van der Waals surface area contributed by atoms with Crippen molar-refractivity contribution < 1.29 is 9.53 Å². The largest absolute Gasteiger partial charge is 0.366 e. The second kappa shape index (κ2) is 4.34. The van der Waals surface area contributed by atoms with E-state index in [-0.39, 0.29) is 18.1 Å². The molecule has 2 fully saturated rings. The Labute approximate surface area is 97.3 Å². The van der Waals surface area contributed by atoms with Crippen LogP contribution < -0.4 is 5.32 Å². The fourth-order valence-corrected chi connectivity index (χ4v) is 2.43. The Kier molecular flexibility index (Phi) is 3.22. The highest BCUT2D eigenvalue weighted by Crippen LogP contribution is 2.26. The number of nitrogens with one attached hydrogen (secondary N) is 1. The van der Waals surface area contributed by atoms with Crippen LogP contribution in [0.1, 0.15) is 20.8 Å². The van der Waals surface area contributed by atoms with E-state index in [0.717, 1.165) is 26.2 Å². The topological polar surface area (TPSA) is 41.6 Å². The van der Waals surface area contributed by atoms with E-state index in [1.165, 1.54) is 0 Å². The molecule has 2 heterocycles. The van der Waals surface area contributed by atoms with Gasteiger partial charge in [-0.3, -0.25) is 4.79 Å². The average Bonchev–Trinajstić information content (AvgIpc) is 2.71. The fourth-order valence-electron chi connectivity index (χ4n) is 2.43. The maximum atomic E-state index is 11.9. The molecule has 4 nitrogen and oxygen atoms in total. The first-order valence-corrected chi connectivity index (χ1v) is 6.08. The summed E-state index contributed by atoms with van der Waals surface area (Å²) in [7, 11) is 0. The third-order valence-corrected chi connectivity index (χ3v) is 3.37. The Morgan fingerprint density at radius 2 is 1.88 bits per heavy atom. The van der Waals surface area contributed by atoms with Crippen LogP contribution in [0.5, 0.6) is 0 Å². The van der Waals surface area contributed by atoms with Crippen LogP contribution in [-0.2, 0) is 9.53 Å². The number of carbonyl (C=O) groups is 1. The summed E-state index contributed by atoms with van der Waals surface area (Å²) in [5.41, 5.74) is -0.229. The highest BCUT2D eigenvalue weighted by atomic mass is 16.5. The average molecular weight is 226 g/mol. The summed E-state index contributed by atoms with van der Waals surface area (Å²) in [6, 6.07) is 0. The summed E-state index contributed by atoms with van der Waals surface area (Å²) >= 11 is 0. The van der Waals surface area contributed by atoms with E-state index in [4.69, 9.17) is 4.74 Å². The summed E-state index contributed by atoms with van der Waals surface area (Å²) in [6.45, 7) is 10.1. The Morgan fingerprint density at radius 1 is 1.31 bits per heavy atom. The molecule has 16 heavy (non-hydrogen) atoms. The minimum Gasteiger partial charge on any atom is -0.366 e. The highest BCUT2D eigenvalue weighted by molar-refractivity contribution is 5.77. The number of hydrogen-bond acceptors (Lipinski definition) is 3. The van der Waals surface area contributed by atoms with Crippen LogP contribution in [0.4, 0.5) is 0 Å². The molecule has 0 aromatic heterocycles. The number of fused-ring (bicyclic) bond motifs is 1. The number of carbonyl (C=O) groups excluding carboxylic acids is 1. The maximum absolute atomic E-state index is 11.9. The van der Waals surface area contributed by atoms with E-state index in [1.54, 1.807) is 0 Å². The second-order valence-electron chi connectivity index (χ2n) is 5.88. The van der Waals surface area contributed by atoms with Crippen molar-refractivity contribution in [3.05, 3.63) is 0 Å².